The highest BCUT2D eigenvalue weighted by Crippen LogP contribution is 2.26. The number of carbonyl (C=O) groups is 2. The fourth-order valence-electron chi connectivity index (χ4n) is 2.30. The molecule has 2 unspecified atom stereocenters. The number of carboxylic acids is 1. The number of carbonyl (C=O) groups excluding carboxylic acids is 1. The first-order valence-corrected chi connectivity index (χ1v) is 8.09. The molecular weight excluding hydrogens is 270 g/mol. The largest absolute Gasteiger partial charge is 0.481 e. The average Bonchev–Trinajstić information content (AvgIpc) is 2.11. The molecule has 2 N–H and O–H groups in total. The Morgan fingerprint density at radius 2 is 1.89 bits per heavy atom. The minimum Gasteiger partial charge on any atom is -0.481 e. The van der Waals surface area contributed by atoms with Crippen molar-refractivity contribution in [3.8, 4) is 0 Å². The van der Waals surface area contributed by atoms with Gasteiger partial charge in [0, 0.05) is 6.04 Å². The van der Waals surface area contributed by atoms with E-state index in [0.29, 0.717) is 12.8 Å². The Labute approximate surface area is 113 Å². The van der Waals surface area contributed by atoms with Crippen molar-refractivity contribution in [2.24, 2.45) is 11.3 Å². The molecular formula is C12H21NO5S. The molecule has 1 heterocycles. The van der Waals surface area contributed by atoms with Gasteiger partial charge in [-0.1, -0.05) is 20.8 Å². The van der Waals surface area contributed by atoms with Crippen LogP contribution in [0.25, 0.3) is 0 Å². The van der Waals surface area contributed by atoms with Crippen LogP contribution < -0.4 is 5.32 Å². The predicted molar refractivity (Wildman–Crippen MR) is 70.4 cm³/mol. The lowest BCUT2D eigenvalue weighted by Crippen LogP contribution is -2.49. The third kappa shape index (κ3) is 4.49. The zero-order valence-electron chi connectivity index (χ0n) is 11.5. The molecule has 2 atom stereocenters. The average molecular weight is 291 g/mol. The molecule has 19 heavy (non-hydrogen) atoms. The van der Waals surface area contributed by atoms with Crippen LogP contribution in [0.15, 0.2) is 0 Å². The smallest absolute Gasteiger partial charge is 0.316 e. The molecule has 1 aliphatic heterocycles. The monoisotopic (exact) mass is 291 g/mol. The molecule has 1 rings (SSSR count). The van der Waals surface area contributed by atoms with Gasteiger partial charge in [0.2, 0.25) is 5.91 Å². The molecule has 0 radical (unpaired) electrons. The van der Waals surface area contributed by atoms with Gasteiger partial charge in [-0.05, 0) is 18.3 Å². The first kappa shape index (κ1) is 15.9. The maximum atomic E-state index is 12.0. The third-order valence-corrected chi connectivity index (χ3v) is 5.01. The summed E-state index contributed by atoms with van der Waals surface area (Å²) >= 11 is 0. The summed E-state index contributed by atoms with van der Waals surface area (Å²) in [5.41, 5.74) is -0.719. The molecule has 6 nitrogen and oxygen atoms in total. The molecule has 1 amide bonds. The van der Waals surface area contributed by atoms with Gasteiger partial charge in [0.15, 0.2) is 9.84 Å². The van der Waals surface area contributed by atoms with E-state index in [1.807, 2.05) is 0 Å². The lowest BCUT2D eigenvalue weighted by atomic mass is 9.80. The molecule has 0 aromatic carbocycles. The zero-order valence-corrected chi connectivity index (χ0v) is 12.3. The van der Waals surface area contributed by atoms with E-state index in [9.17, 15) is 18.0 Å². The van der Waals surface area contributed by atoms with E-state index in [2.05, 4.69) is 5.32 Å². The van der Waals surface area contributed by atoms with Crippen molar-refractivity contribution in [1.29, 1.82) is 0 Å². The van der Waals surface area contributed by atoms with E-state index in [1.54, 1.807) is 20.8 Å². The minimum atomic E-state index is -3.12. The van der Waals surface area contributed by atoms with E-state index < -0.39 is 39.1 Å². The molecule has 0 spiro atoms. The first-order chi connectivity index (χ1) is 8.53. The molecule has 0 bridgehead atoms. The highest BCUT2D eigenvalue weighted by Gasteiger charge is 2.39. The number of hydrogen-bond donors (Lipinski definition) is 2. The van der Waals surface area contributed by atoms with Gasteiger partial charge in [0.25, 0.3) is 0 Å². The second kappa shape index (κ2) is 5.48. The van der Waals surface area contributed by atoms with Crippen LogP contribution in [0.5, 0.6) is 0 Å². The molecule has 1 aliphatic rings. The van der Waals surface area contributed by atoms with Crippen molar-refractivity contribution in [1.82, 2.24) is 5.32 Å². The van der Waals surface area contributed by atoms with E-state index in [1.165, 1.54) is 0 Å². The number of nitrogens with one attached hydrogen (secondary N) is 1. The Balaban J connectivity index is 2.75. The van der Waals surface area contributed by atoms with Crippen LogP contribution >= 0.6 is 0 Å². The van der Waals surface area contributed by atoms with Gasteiger partial charge in [-0.25, -0.2) is 8.42 Å². The second-order valence-electron chi connectivity index (χ2n) is 6.10. The zero-order chi connectivity index (χ0) is 14.8. The van der Waals surface area contributed by atoms with Crippen molar-refractivity contribution in [3.05, 3.63) is 0 Å². The lowest BCUT2D eigenvalue weighted by Gasteiger charge is -2.29. The summed E-state index contributed by atoms with van der Waals surface area (Å²) < 4.78 is 23.0. The standard InChI is InChI=1S/C12H21NO5S/c1-12(2,3)9(11(15)16)10(14)13-8-5-4-6-19(17,18)7-8/h8-9H,4-7H2,1-3H3,(H,13,14)(H,15,16). The van der Waals surface area contributed by atoms with Crippen molar-refractivity contribution >= 4 is 21.7 Å². The SMILES string of the molecule is CC(C)(C)C(C(=O)O)C(=O)NC1CCCS(=O)(=O)C1. The number of aliphatic carboxylic acids is 1. The maximum absolute atomic E-state index is 12.0. The highest BCUT2D eigenvalue weighted by atomic mass is 32.2. The topological polar surface area (TPSA) is 101 Å². The van der Waals surface area contributed by atoms with Crippen molar-refractivity contribution in [2.45, 2.75) is 39.7 Å². The van der Waals surface area contributed by atoms with Gasteiger partial charge in [-0.15, -0.1) is 0 Å². The Kier molecular flexibility index (Phi) is 4.60. The molecule has 7 heteroatoms. The van der Waals surface area contributed by atoms with E-state index >= 15 is 0 Å². The van der Waals surface area contributed by atoms with Crippen molar-refractivity contribution in [3.63, 3.8) is 0 Å². The minimum absolute atomic E-state index is 0.102. The quantitative estimate of drug-likeness (QED) is 0.734. The Bertz CT molecular complexity index is 463. The Morgan fingerprint density at radius 1 is 1.32 bits per heavy atom. The number of carboxylic acid groups (broad SMARTS) is 1. The van der Waals surface area contributed by atoms with Crippen LogP contribution in [0, 0.1) is 11.3 Å². The molecule has 0 aromatic heterocycles. The van der Waals surface area contributed by atoms with Crippen LogP contribution in [0.1, 0.15) is 33.6 Å². The first-order valence-electron chi connectivity index (χ1n) is 6.26. The summed E-state index contributed by atoms with van der Waals surface area (Å²) in [4.78, 5) is 23.2. The van der Waals surface area contributed by atoms with Gasteiger partial charge in [-0.3, -0.25) is 9.59 Å². The molecule has 0 saturated carbocycles. The number of sulfone groups is 1. The van der Waals surface area contributed by atoms with Crippen molar-refractivity contribution in [2.75, 3.05) is 11.5 Å². The van der Waals surface area contributed by atoms with E-state index in [0.717, 1.165) is 0 Å². The summed E-state index contributed by atoms with van der Waals surface area (Å²) in [6.07, 6.45) is 1.07. The molecule has 0 aliphatic carbocycles. The molecule has 0 aromatic rings. The van der Waals surface area contributed by atoms with Crippen molar-refractivity contribution < 1.29 is 23.1 Å². The Morgan fingerprint density at radius 3 is 2.32 bits per heavy atom. The second-order valence-corrected chi connectivity index (χ2v) is 8.33. The molecule has 1 fully saturated rings. The fourth-order valence-corrected chi connectivity index (χ4v) is 3.93. The van der Waals surface area contributed by atoms with E-state index in [4.69, 9.17) is 5.11 Å². The van der Waals surface area contributed by atoms with Gasteiger partial charge in [0.05, 0.1) is 11.5 Å². The molecule has 1 saturated heterocycles. The Hall–Kier alpha value is -1.11. The van der Waals surface area contributed by atoms with Crippen LogP contribution in [0.3, 0.4) is 0 Å². The van der Waals surface area contributed by atoms with Crippen LogP contribution in [-0.2, 0) is 19.4 Å². The summed E-state index contributed by atoms with van der Waals surface area (Å²) in [5, 5.41) is 11.7. The molecule has 110 valence electrons. The number of hydrogen-bond acceptors (Lipinski definition) is 4. The predicted octanol–water partition coefficient (Wildman–Crippen LogP) is 0.427. The number of amides is 1. The summed E-state index contributed by atoms with van der Waals surface area (Å²) in [7, 11) is -3.12. The number of rotatable bonds is 3. The van der Waals surface area contributed by atoms with Crippen LogP contribution in [0.2, 0.25) is 0 Å². The van der Waals surface area contributed by atoms with Gasteiger partial charge < -0.3 is 10.4 Å². The summed E-state index contributed by atoms with van der Waals surface area (Å²) in [6, 6.07) is -0.476. The maximum Gasteiger partial charge on any atom is 0.316 e. The van der Waals surface area contributed by atoms with Gasteiger partial charge in [0.1, 0.15) is 5.92 Å². The summed E-state index contributed by atoms with van der Waals surface area (Å²) in [6.45, 7) is 5.01. The lowest BCUT2D eigenvalue weighted by molar-refractivity contribution is -0.151. The van der Waals surface area contributed by atoms with Gasteiger partial charge in [-0.2, -0.15) is 0 Å². The van der Waals surface area contributed by atoms with E-state index in [-0.39, 0.29) is 11.5 Å². The third-order valence-electron chi connectivity index (χ3n) is 3.18. The summed E-state index contributed by atoms with van der Waals surface area (Å²) in [5.74, 6) is -2.95. The van der Waals surface area contributed by atoms with Crippen LogP contribution in [-0.4, -0.2) is 42.9 Å². The highest BCUT2D eigenvalue weighted by molar-refractivity contribution is 7.91. The normalized spacial score (nSPS) is 24.5. The van der Waals surface area contributed by atoms with Crippen LogP contribution in [0.4, 0.5) is 0 Å². The fraction of sp³-hybridized carbons (Fsp3) is 0.833. The van der Waals surface area contributed by atoms with Gasteiger partial charge >= 0.3 is 5.97 Å².